The molecule has 0 spiro atoms. The van der Waals surface area contributed by atoms with Crippen molar-refractivity contribution in [2.24, 2.45) is 0 Å². The van der Waals surface area contributed by atoms with Gasteiger partial charge in [-0.1, -0.05) is 72.8 Å². The molecule has 0 saturated carbocycles. The topological polar surface area (TPSA) is 38.7 Å². The molecule has 0 bridgehead atoms. The minimum Gasteiger partial charge on any atom is -0.208 e. The molecule has 4 aromatic carbocycles. The van der Waals surface area contributed by atoms with Crippen LogP contribution in [-0.4, -0.2) is 15.0 Å². The lowest BCUT2D eigenvalue weighted by Gasteiger charge is -2.12. The van der Waals surface area contributed by atoms with Gasteiger partial charge in [0.05, 0.1) is 0 Å². The van der Waals surface area contributed by atoms with Crippen LogP contribution >= 0.6 is 0 Å². The van der Waals surface area contributed by atoms with Crippen molar-refractivity contribution in [3.05, 3.63) is 115 Å². The van der Waals surface area contributed by atoms with Gasteiger partial charge in [0.25, 0.3) is 0 Å². The molecule has 0 saturated heterocycles. The van der Waals surface area contributed by atoms with Gasteiger partial charge in [-0.15, -0.1) is 0 Å². The Labute approximate surface area is 184 Å². The molecule has 32 heavy (non-hydrogen) atoms. The van der Waals surface area contributed by atoms with Crippen LogP contribution in [-0.2, 0) is 0 Å². The SMILES string of the molecule is Fc1cccc(-c2cc(F)ccc2-c2nc(-c3ccccc3)nc(-c3ccccc3)n2)c1. The standard InChI is InChI=1S/C27H17F2N3/c28-21-13-7-12-20(16-21)24-17-22(29)14-15-23(24)27-31-25(18-8-3-1-4-9-18)30-26(32-27)19-10-5-2-6-11-19/h1-17H. The molecule has 0 unspecified atom stereocenters. The summed E-state index contributed by atoms with van der Waals surface area (Å²) >= 11 is 0. The Morgan fingerprint density at radius 1 is 0.406 bits per heavy atom. The van der Waals surface area contributed by atoms with Crippen LogP contribution in [0.2, 0.25) is 0 Å². The highest BCUT2D eigenvalue weighted by Gasteiger charge is 2.16. The monoisotopic (exact) mass is 421 g/mol. The zero-order valence-corrected chi connectivity index (χ0v) is 16.9. The van der Waals surface area contributed by atoms with Gasteiger partial charge >= 0.3 is 0 Å². The summed E-state index contributed by atoms with van der Waals surface area (Å²) in [5.74, 6) is 0.571. The van der Waals surface area contributed by atoms with Crippen LogP contribution in [0, 0.1) is 11.6 Å². The molecule has 1 aromatic heterocycles. The van der Waals surface area contributed by atoms with Crippen LogP contribution in [0.3, 0.4) is 0 Å². The summed E-state index contributed by atoms with van der Waals surface area (Å²) in [5, 5.41) is 0. The number of benzene rings is 4. The van der Waals surface area contributed by atoms with Crippen LogP contribution in [0.5, 0.6) is 0 Å². The molecule has 0 aliphatic rings. The maximum absolute atomic E-state index is 14.2. The van der Waals surface area contributed by atoms with E-state index in [-0.39, 0.29) is 0 Å². The summed E-state index contributed by atoms with van der Waals surface area (Å²) in [6.07, 6.45) is 0. The maximum atomic E-state index is 14.2. The average molecular weight is 421 g/mol. The number of hydrogen-bond donors (Lipinski definition) is 0. The van der Waals surface area contributed by atoms with E-state index in [1.807, 2.05) is 60.7 Å². The summed E-state index contributed by atoms with van der Waals surface area (Å²) in [5.41, 5.74) is 3.32. The second-order valence-electron chi connectivity index (χ2n) is 7.24. The van der Waals surface area contributed by atoms with Crippen LogP contribution in [0.25, 0.3) is 45.3 Å². The first-order valence-electron chi connectivity index (χ1n) is 10.1. The molecule has 0 radical (unpaired) electrons. The molecular weight excluding hydrogens is 404 g/mol. The number of nitrogens with zero attached hydrogens (tertiary/aromatic N) is 3. The molecule has 5 heteroatoms. The predicted octanol–water partition coefficient (Wildman–Crippen LogP) is 6.82. The van der Waals surface area contributed by atoms with Crippen LogP contribution in [0.4, 0.5) is 8.78 Å². The number of aromatic nitrogens is 3. The second kappa shape index (κ2) is 8.47. The molecule has 5 rings (SSSR count). The second-order valence-corrected chi connectivity index (χ2v) is 7.24. The van der Waals surface area contributed by atoms with E-state index >= 15 is 0 Å². The summed E-state index contributed by atoms with van der Waals surface area (Å²) in [4.78, 5) is 14.1. The lowest BCUT2D eigenvalue weighted by molar-refractivity contribution is 0.626. The first-order valence-corrected chi connectivity index (χ1v) is 10.1. The van der Waals surface area contributed by atoms with Crippen molar-refractivity contribution in [2.75, 3.05) is 0 Å². The van der Waals surface area contributed by atoms with Crippen molar-refractivity contribution in [2.45, 2.75) is 0 Å². The van der Waals surface area contributed by atoms with Crippen molar-refractivity contribution >= 4 is 0 Å². The van der Waals surface area contributed by atoms with E-state index in [9.17, 15) is 8.78 Å². The molecule has 3 nitrogen and oxygen atoms in total. The normalized spacial score (nSPS) is 10.8. The van der Waals surface area contributed by atoms with E-state index in [4.69, 9.17) is 9.97 Å². The smallest absolute Gasteiger partial charge is 0.164 e. The summed E-state index contributed by atoms with van der Waals surface area (Å²) < 4.78 is 28.1. The van der Waals surface area contributed by atoms with Crippen LogP contribution < -0.4 is 0 Å². The van der Waals surface area contributed by atoms with Gasteiger partial charge in [-0.25, -0.2) is 23.7 Å². The van der Waals surface area contributed by atoms with Gasteiger partial charge in [0.2, 0.25) is 0 Å². The highest BCUT2D eigenvalue weighted by molar-refractivity contribution is 5.81. The molecule has 0 fully saturated rings. The third-order valence-electron chi connectivity index (χ3n) is 5.06. The Morgan fingerprint density at radius 2 is 0.938 bits per heavy atom. The third-order valence-corrected chi connectivity index (χ3v) is 5.06. The van der Waals surface area contributed by atoms with E-state index in [2.05, 4.69) is 4.98 Å². The molecule has 0 amide bonds. The first kappa shape index (κ1) is 19.7. The van der Waals surface area contributed by atoms with Gasteiger partial charge in [0.15, 0.2) is 17.5 Å². The predicted molar refractivity (Wildman–Crippen MR) is 121 cm³/mol. The molecular formula is C27H17F2N3. The van der Waals surface area contributed by atoms with Crippen LogP contribution in [0.15, 0.2) is 103 Å². The molecule has 154 valence electrons. The Balaban J connectivity index is 1.75. The maximum Gasteiger partial charge on any atom is 0.164 e. The first-order chi connectivity index (χ1) is 15.7. The minimum absolute atomic E-state index is 0.386. The molecule has 5 aromatic rings. The lowest BCUT2D eigenvalue weighted by atomic mass is 9.98. The number of rotatable bonds is 4. The Hall–Kier alpha value is -4.25. The zero-order chi connectivity index (χ0) is 21.9. The van der Waals surface area contributed by atoms with Gasteiger partial charge < -0.3 is 0 Å². The fourth-order valence-electron chi connectivity index (χ4n) is 3.54. The van der Waals surface area contributed by atoms with Crippen molar-refractivity contribution in [3.63, 3.8) is 0 Å². The van der Waals surface area contributed by atoms with Crippen LogP contribution in [0.1, 0.15) is 0 Å². The van der Waals surface area contributed by atoms with Gasteiger partial charge in [-0.2, -0.15) is 0 Å². The molecule has 1 heterocycles. The van der Waals surface area contributed by atoms with E-state index < -0.39 is 11.6 Å². The number of hydrogen-bond acceptors (Lipinski definition) is 3. The fourth-order valence-corrected chi connectivity index (χ4v) is 3.54. The number of halogens is 2. The van der Waals surface area contributed by atoms with Crippen molar-refractivity contribution in [3.8, 4) is 45.3 Å². The Morgan fingerprint density at radius 3 is 1.53 bits per heavy atom. The minimum atomic E-state index is -0.423. The molecule has 0 aliphatic heterocycles. The van der Waals surface area contributed by atoms with Crippen molar-refractivity contribution in [1.82, 2.24) is 15.0 Å². The Kier molecular flexibility index (Phi) is 5.22. The van der Waals surface area contributed by atoms with Crippen molar-refractivity contribution < 1.29 is 8.78 Å². The quantitative estimate of drug-likeness (QED) is 0.320. The molecule has 0 N–H and O–H groups in total. The van der Waals surface area contributed by atoms with Gasteiger partial charge in [-0.3, -0.25) is 0 Å². The van der Waals surface area contributed by atoms with E-state index in [1.54, 1.807) is 18.2 Å². The molecule has 0 aliphatic carbocycles. The highest BCUT2D eigenvalue weighted by Crippen LogP contribution is 2.33. The fraction of sp³-hybridized carbons (Fsp3) is 0. The summed E-state index contributed by atoms with van der Waals surface area (Å²) in [6.45, 7) is 0. The van der Waals surface area contributed by atoms with Gasteiger partial charge in [0.1, 0.15) is 11.6 Å². The Bertz CT molecular complexity index is 1330. The summed E-state index contributed by atoms with van der Waals surface area (Å²) in [6, 6.07) is 29.6. The summed E-state index contributed by atoms with van der Waals surface area (Å²) in [7, 11) is 0. The largest absolute Gasteiger partial charge is 0.208 e. The van der Waals surface area contributed by atoms with E-state index in [1.165, 1.54) is 24.3 Å². The highest BCUT2D eigenvalue weighted by atomic mass is 19.1. The molecule has 0 atom stereocenters. The average Bonchev–Trinajstić information content (AvgIpc) is 2.85. The lowest BCUT2D eigenvalue weighted by Crippen LogP contribution is -2.01. The third kappa shape index (κ3) is 4.01. The van der Waals surface area contributed by atoms with Gasteiger partial charge in [-0.05, 0) is 41.5 Å². The van der Waals surface area contributed by atoms with Crippen molar-refractivity contribution in [1.29, 1.82) is 0 Å². The van der Waals surface area contributed by atoms with E-state index in [0.29, 0.717) is 34.2 Å². The van der Waals surface area contributed by atoms with Gasteiger partial charge in [0, 0.05) is 16.7 Å². The van der Waals surface area contributed by atoms with E-state index in [0.717, 1.165) is 11.1 Å². The zero-order valence-electron chi connectivity index (χ0n) is 16.9.